The molecule has 1 aliphatic carbocycles. The highest BCUT2D eigenvalue weighted by molar-refractivity contribution is 5.79. The van der Waals surface area contributed by atoms with Gasteiger partial charge in [-0.2, -0.15) is 0 Å². The first-order valence-corrected chi connectivity index (χ1v) is 5.79. The van der Waals surface area contributed by atoms with Gasteiger partial charge in [-0.15, -0.1) is 0 Å². The Hall–Kier alpha value is -1.85. The lowest BCUT2D eigenvalue weighted by atomic mass is 10.2. The number of amides is 1. The molecule has 1 aromatic rings. The van der Waals surface area contributed by atoms with E-state index in [0.717, 1.165) is 12.8 Å². The third kappa shape index (κ3) is 2.83. The first kappa shape index (κ1) is 11.6. The van der Waals surface area contributed by atoms with Crippen LogP contribution in [0.25, 0.3) is 0 Å². The Morgan fingerprint density at radius 3 is 2.71 bits per heavy atom. The SMILES string of the molecule is NC(=O)CN(c1cncc(N)n1)C1CCCC1. The molecule has 1 amide bonds. The molecule has 4 N–H and O–H groups in total. The molecule has 0 spiro atoms. The van der Waals surface area contributed by atoms with Crippen molar-refractivity contribution in [2.24, 2.45) is 5.73 Å². The highest BCUT2D eigenvalue weighted by atomic mass is 16.1. The van der Waals surface area contributed by atoms with E-state index in [1.807, 2.05) is 4.90 Å². The minimum atomic E-state index is -0.360. The Morgan fingerprint density at radius 1 is 1.41 bits per heavy atom. The number of rotatable bonds is 4. The van der Waals surface area contributed by atoms with Crippen LogP contribution in [0.3, 0.4) is 0 Å². The van der Waals surface area contributed by atoms with E-state index < -0.39 is 0 Å². The summed E-state index contributed by atoms with van der Waals surface area (Å²) in [7, 11) is 0. The van der Waals surface area contributed by atoms with Crippen molar-refractivity contribution in [2.75, 3.05) is 17.2 Å². The van der Waals surface area contributed by atoms with Gasteiger partial charge in [-0.3, -0.25) is 9.78 Å². The third-order valence-corrected chi connectivity index (χ3v) is 3.03. The van der Waals surface area contributed by atoms with Gasteiger partial charge < -0.3 is 16.4 Å². The zero-order valence-electron chi connectivity index (χ0n) is 9.67. The summed E-state index contributed by atoms with van der Waals surface area (Å²) >= 11 is 0. The largest absolute Gasteiger partial charge is 0.382 e. The van der Waals surface area contributed by atoms with Crippen molar-refractivity contribution in [1.29, 1.82) is 0 Å². The van der Waals surface area contributed by atoms with E-state index in [9.17, 15) is 4.79 Å². The van der Waals surface area contributed by atoms with Gasteiger partial charge in [0.1, 0.15) is 11.6 Å². The molecule has 1 aliphatic rings. The number of anilines is 2. The van der Waals surface area contributed by atoms with Gasteiger partial charge in [-0.1, -0.05) is 12.8 Å². The molecule has 0 aromatic carbocycles. The van der Waals surface area contributed by atoms with Crippen LogP contribution in [-0.2, 0) is 4.79 Å². The Kier molecular flexibility index (Phi) is 3.41. The molecule has 0 bridgehead atoms. The fourth-order valence-electron chi connectivity index (χ4n) is 2.29. The third-order valence-electron chi connectivity index (χ3n) is 3.03. The van der Waals surface area contributed by atoms with Gasteiger partial charge in [0.25, 0.3) is 0 Å². The summed E-state index contributed by atoms with van der Waals surface area (Å²) in [5.41, 5.74) is 10.9. The van der Waals surface area contributed by atoms with Gasteiger partial charge in [0.15, 0.2) is 0 Å². The van der Waals surface area contributed by atoms with E-state index >= 15 is 0 Å². The summed E-state index contributed by atoms with van der Waals surface area (Å²) in [6.45, 7) is 0.169. The van der Waals surface area contributed by atoms with Gasteiger partial charge in [0, 0.05) is 6.04 Å². The van der Waals surface area contributed by atoms with Gasteiger partial charge in [-0.25, -0.2) is 4.98 Å². The number of nitrogens with two attached hydrogens (primary N) is 2. The van der Waals surface area contributed by atoms with Crippen molar-refractivity contribution in [3.8, 4) is 0 Å². The van der Waals surface area contributed by atoms with E-state index in [1.165, 1.54) is 19.0 Å². The van der Waals surface area contributed by atoms with E-state index in [1.54, 1.807) is 6.20 Å². The zero-order valence-corrected chi connectivity index (χ0v) is 9.67. The van der Waals surface area contributed by atoms with Crippen LogP contribution in [0.5, 0.6) is 0 Å². The topological polar surface area (TPSA) is 98.1 Å². The molecule has 0 unspecified atom stereocenters. The first-order valence-electron chi connectivity index (χ1n) is 5.79. The lowest BCUT2D eigenvalue weighted by Gasteiger charge is -2.28. The highest BCUT2D eigenvalue weighted by Crippen LogP contribution is 2.26. The van der Waals surface area contributed by atoms with Gasteiger partial charge in [0.05, 0.1) is 18.9 Å². The second-order valence-corrected chi connectivity index (χ2v) is 4.33. The van der Waals surface area contributed by atoms with E-state index in [0.29, 0.717) is 17.7 Å². The molecule has 1 fully saturated rings. The normalized spacial score (nSPS) is 16.0. The lowest BCUT2D eigenvalue weighted by Crippen LogP contribution is -2.40. The molecule has 0 aliphatic heterocycles. The van der Waals surface area contributed by atoms with E-state index in [2.05, 4.69) is 9.97 Å². The van der Waals surface area contributed by atoms with Crippen LogP contribution in [0.2, 0.25) is 0 Å². The predicted molar refractivity (Wildman–Crippen MR) is 65.2 cm³/mol. The summed E-state index contributed by atoms with van der Waals surface area (Å²) in [5, 5.41) is 0. The number of hydrogen-bond donors (Lipinski definition) is 2. The first-order chi connectivity index (χ1) is 8.16. The molecule has 2 rings (SSSR count). The maximum Gasteiger partial charge on any atom is 0.237 e. The summed E-state index contributed by atoms with van der Waals surface area (Å²) in [5.74, 6) is 0.631. The van der Waals surface area contributed by atoms with E-state index in [4.69, 9.17) is 11.5 Å². The minimum absolute atomic E-state index is 0.169. The number of nitrogens with zero attached hydrogens (tertiary/aromatic N) is 3. The maximum absolute atomic E-state index is 11.1. The number of carbonyl (C=O) groups excluding carboxylic acids is 1. The van der Waals surface area contributed by atoms with Crippen LogP contribution < -0.4 is 16.4 Å². The maximum atomic E-state index is 11.1. The minimum Gasteiger partial charge on any atom is -0.382 e. The number of carbonyl (C=O) groups is 1. The van der Waals surface area contributed by atoms with Crippen LogP contribution in [0.15, 0.2) is 12.4 Å². The summed E-state index contributed by atoms with van der Waals surface area (Å²) in [6.07, 6.45) is 7.58. The van der Waals surface area contributed by atoms with Crippen LogP contribution in [-0.4, -0.2) is 28.5 Å². The average molecular weight is 235 g/mol. The van der Waals surface area contributed by atoms with Gasteiger partial charge in [-0.05, 0) is 12.8 Å². The molecular formula is C11H17N5O. The Morgan fingerprint density at radius 2 is 2.12 bits per heavy atom. The number of aromatic nitrogens is 2. The second kappa shape index (κ2) is 4.99. The zero-order chi connectivity index (χ0) is 12.3. The lowest BCUT2D eigenvalue weighted by molar-refractivity contribution is -0.116. The molecule has 92 valence electrons. The fraction of sp³-hybridized carbons (Fsp3) is 0.545. The summed E-state index contributed by atoms with van der Waals surface area (Å²) in [4.78, 5) is 21.2. The van der Waals surface area contributed by atoms with Crippen molar-refractivity contribution in [3.05, 3.63) is 12.4 Å². The van der Waals surface area contributed by atoms with Crippen molar-refractivity contribution in [1.82, 2.24) is 9.97 Å². The molecule has 1 saturated carbocycles. The molecule has 0 saturated heterocycles. The van der Waals surface area contributed by atoms with Crippen molar-refractivity contribution in [3.63, 3.8) is 0 Å². The van der Waals surface area contributed by atoms with Crippen molar-refractivity contribution >= 4 is 17.5 Å². The van der Waals surface area contributed by atoms with Gasteiger partial charge >= 0.3 is 0 Å². The smallest absolute Gasteiger partial charge is 0.237 e. The Labute approximate surface area is 100 Å². The van der Waals surface area contributed by atoms with Crippen LogP contribution in [0.1, 0.15) is 25.7 Å². The standard InChI is InChI=1S/C11H17N5O/c12-9-5-14-6-11(15-9)16(7-10(13)17)8-3-1-2-4-8/h5-6,8H,1-4,7H2,(H2,12,15)(H2,13,17). The molecule has 0 radical (unpaired) electrons. The van der Waals surface area contributed by atoms with Crippen molar-refractivity contribution in [2.45, 2.75) is 31.7 Å². The molecule has 1 heterocycles. The second-order valence-electron chi connectivity index (χ2n) is 4.33. The summed E-state index contributed by atoms with van der Waals surface area (Å²) < 4.78 is 0. The molecule has 0 atom stereocenters. The molecule has 6 nitrogen and oxygen atoms in total. The van der Waals surface area contributed by atoms with Crippen molar-refractivity contribution < 1.29 is 4.79 Å². The predicted octanol–water partition coefficient (Wildman–Crippen LogP) is 0.293. The fourth-order valence-corrected chi connectivity index (χ4v) is 2.29. The quantitative estimate of drug-likeness (QED) is 0.781. The van der Waals surface area contributed by atoms with Crippen LogP contribution in [0.4, 0.5) is 11.6 Å². The van der Waals surface area contributed by atoms with E-state index in [-0.39, 0.29) is 12.5 Å². The van der Waals surface area contributed by atoms with Crippen LogP contribution in [0, 0.1) is 0 Å². The number of hydrogen-bond acceptors (Lipinski definition) is 5. The molecular weight excluding hydrogens is 218 g/mol. The number of nitrogen functional groups attached to an aromatic ring is 1. The number of primary amides is 1. The monoisotopic (exact) mass is 235 g/mol. The summed E-state index contributed by atoms with van der Waals surface area (Å²) in [6, 6.07) is 0.318. The van der Waals surface area contributed by atoms with Crippen LogP contribution >= 0.6 is 0 Å². The molecule has 17 heavy (non-hydrogen) atoms. The average Bonchev–Trinajstić information content (AvgIpc) is 2.79. The molecule has 1 aromatic heterocycles. The Bertz CT molecular complexity index is 403. The van der Waals surface area contributed by atoms with Gasteiger partial charge in [0.2, 0.25) is 5.91 Å². The highest BCUT2D eigenvalue weighted by Gasteiger charge is 2.25. The Balaban J connectivity index is 2.22. The molecule has 6 heteroatoms.